The van der Waals surface area contributed by atoms with E-state index < -0.39 is 41.7 Å². The average molecular weight is 522 g/mol. The molecular formula is C27H18F4N4O3. The predicted octanol–water partition coefficient (Wildman–Crippen LogP) is 4.18. The van der Waals surface area contributed by atoms with Gasteiger partial charge < -0.3 is 5.32 Å². The van der Waals surface area contributed by atoms with Gasteiger partial charge in [0.25, 0.3) is 11.8 Å². The smallest absolute Gasteiger partial charge is 0.365 e. The second-order valence-corrected chi connectivity index (χ2v) is 8.57. The lowest BCUT2D eigenvalue weighted by molar-refractivity contribution is -0.137. The number of imide groups is 1. The highest BCUT2D eigenvalue weighted by atomic mass is 19.4. The first-order valence-corrected chi connectivity index (χ1v) is 11.4. The molecule has 0 aliphatic carbocycles. The third-order valence-electron chi connectivity index (χ3n) is 6.05. The number of alkyl halides is 3. The van der Waals surface area contributed by atoms with E-state index in [-0.39, 0.29) is 52.6 Å². The molecule has 2 heterocycles. The zero-order valence-electron chi connectivity index (χ0n) is 19.6. The normalized spacial score (nSPS) is 14.9. The summed E-state index contributed by atoms with van der Waals surface area (Å²) < 4.78 is 54.8. The molecule has 0 bridgehead atoms. The molecular weight excluding hydrogens is 504 g/mol. The van der Waals surface area contributed by atoms with Crippen molar-refractivity contribution < 1.29 is 31.9 Å². The third kappa shape index (κ3) is 4.70. The molecule has 0 unspecified atom stereocenters. The maximum atomic E-state index is 14.6. The second-order valence-electron chi connectivity index (χ2n) is 8.57. The van der Waals surface area contributed by atoms with E-state index in [2.05, 4.69) is 15.3 Å². The summed E-state index contributed by atoms with van der Waals surface area (Å²) in [5.74, 6) is -2.16. The summed E-state index contributed by atoms with van der Waals surface area (Å²) in [5.41, 5.74) is -0.421. The van der Waals surface area contributed by atoms with E-state index in [1.165, 1.54) is 36.4 Å². The second kappa shape index (κ2) is 9.66. The summed E-state index contributed by atoms with van der Waals surface area (Å²) in [6.07, 6.45) is -4.64. The number of halogens is 4. The van der Waals surface area contributed by atoms with Crippen molar-refractivity contribution in [2.24, 2.45) is 9.98 Å². The number of hydrogen-bond acceptors (Lipinski definition) is 6. The molecule has 2 amide bonds. The highest BCUT2D eigenvalue weighted by Crippen LogP contribution is 2.35. The molecule has 0 fully saturated rings. The van der Waals surface area contributed by atoms with Crippen molar-refractivity contribution in [3.8, 4) is 0 Å². The number of amides is 2. The van der Waals surface area contributed by atoms with Gasteiger partial charge in [-0.15, -0.1) is 0 Å². The molecule has 3 aromatic carbocycles. The number of hydrogen-bond donors (Lipinski definition) is 1. The Morgan fingerprint density at radius 3 is 2.16 bits per heavy atom. The highest BCUT2D eigenvalue weighted by Gasteiger charge is 2.36. The van der Waals surface area contributed by atoms with Gasteiger partial charge in [-0.2, -0.15) is 13.2 Å². The van der Waals surface area contributed by atoms with Crippen molar-refractivity contribution in [2.75, 3.05) is 19.6 Å². The zero-order chi connectivity index (χ0) is 27.0. The van der Waals surface area contributed by atoms with Crippen LogP contribution in [0, 0.1) is 5.82 Å². The highest BCUT2D eigenvalue weighted by molar-refractivity contribution is 6.22. The van der Waals surface area contributed by atoms with E-state index in [1.807, 2.05) is 0 Å². The molecule has 2 aliphatic heterocycles. The number of ketones is 1. The van der Waals surface area contributed by atoms with Gasteiger partial charge in [-0.25, -0.2) is 9.38 Å². The molecule has 11 heteroatoms. The van der Waals surface area contributed by atoms with Crippen molar-refractivity contribution in [3.05, 3.63) is 100 Å². The summed E-state index contributed by atoms with van der Waals surface area (Å²) in [6.45, 7) is -0.978. The van der Waals surface area contributed by atoms with Crippen LogP contribution in [0.3, 0.4) is 0 Å². The molecule has 0 aromatic heterocycles. The standard InChI is InChI=1S/C27H18F4N4O3/c28-21-8-4-3-7-19(21)24-20-11-15(27(29,30)31)9-10-22(20)34-23(13-33-24)32-12-16(36)14-35-25(37)17-5-1-2-6-18(17)26(35)38/h1-11H,12-14H2,(H,32,34). The van der Waals surface area contributed by atoms with Gasteiger partial charge in [-0.05, 0) is 42.5 Å². The van der Waals surface area contributed by atoms with Crippen LogP contribution in [0.15, 0.2) is 76.7 Å². The van der Waals surface area contributed by atoms with E-state index >= 15 is 0 Å². The minimum absolute atomic E-state index is 0.00576. The van der Waals surface area contributed by atoms with Gasteiger partial charge in [-0.3, -0.25) is 24.3 Å². The van der Waals surface area contributed by atoms with E-state index in [0.717, 1.165) is 23.1 Å². The van der Waals surface area contributed by atoms with Crippen molar-refractivity contribution >= 4 is 34.8 Å². The molecule has 5 rings (SSSR count). The number of rotatable bonds is 5. The van der Waals surface area contributed by atoms with Crippen LogP contribution < -0.4 is 5.32 Å². The SMILES string of the molecule is O=C(CNC1=Nc2ccc(C(F)(F)F)cc2C(c2ccccc2F)=NC1)CN1C(=O)c2ccccc2C1=O. The van der Waals surface area contributed by atoms with Crippen molar-refractivity contribution in [1.82, 2.24) is 10.2 Å². The summed E-state index contributed by atoms with van der Waals surface area (Å²) in [5, 5.41) is 2.79. The van der Waals surface area contributed by atoms with E-state index in [1.54, 1.807) is 12.1 Å². The van der Waals surface area contributed by atoms with Crippen LogP contribution in [-0.2, 0) is 11.0 Å². The number of aliphatic imine (C=N–C) groups is 2. The number of nitrogens with zero attached hydrogens (tertiary/aromatic N) is 3. The lowest BCUT2D eigenvalue weighted by Crippen LogP contribution is -2.40. The number of carbonyl (C=O) groups is 3. The Balaban J connectivity index is 1.37. The molecule has 1 N–H and O–H groups in total. The van der Waals surface area contributed by atoms with E-state index in [4.69, 9.17) is 0 Å². The van der Waals surface area contributed by atoms with Crippen LogP contribution in [0.25, 0.3) is 0 Å². The largest absolute Gasteiger partial charge is 0.416 e. The van der Waals surface area contributed by atoms with Crippen molar-refractivity contribution in [2.45, 2.75) is 6.18 Å². The molecule has 0 radical (unpaired) electrons. The Morgan fingerprint density at radius 2 is 1.53 bits per heavy atom. The number of Topliss-reactive ketones (excluding diaryl/α,β-unsaturated/α-hetero) is 1. The molecule has 192 valence electrons. The lowest BCUT2D eigenvalue weighted by Gasteiger charge is -2.14. The van der Waals surface area contributed by atoms with Gasteiger partial charge in [0, 0.05) is 11.1 Å². The minimum atomic E-state index is -4.64. The van der Waals surface area contributed by atoms with Gasteiger partial charge in [0.1, 0.15) is 11.7 Å². The first kappa shape index (κ1) is 25.0. The molecule has 0 atom stereocenters. The predicted molar refractivity (Wildman–Crippen MR) is 130 cm³/mol. The van der Waals surface area contributed by atoms with Crippen molar-refractivity contribution in [3.63, 3.8) is 0 Å². The molecule has 0 saturated carbocycles. The minimum Gasteiger partial charge on any atom is -0.365 e. The first-order valence-electron chi connectivity index (χ1n) is 11.4. The number of amidine groups is 1. The van der Waals surface area contributed by atoms with Crippen LogP contribution in [-0.4, -0.2) is 53.7 Å². The lowest BCUT2D eigenvalue weighted by atomic mass is 9.98. The maximum Gasteiger partial charge on any atom is 0.416 e. The Bertz CT molecular complexity index is 1510. The maximum absolute atomic E-state index is 14.6. The van der Waals surface area contributed by atoms with Gasteiger partial charge in [0.2, 0.25) is 0 Å². The quantitative estimate of drug-likeness (QED) is 0.402. The summed E-state index contributed by atoms with van der Waals surface area (Å²) >= 11 is 0. The Labute approximate surface area is 213 Å². The Kier molecular flexibility index (Phi) is 6.35. The van der Waals surface area contributed by atoms with E-state index in [9.17, 15) is 31.9 Å². The average Bonchev–Trinajstić information content (AvgIpc) is 3.02. The van der Waals surface area contributed by atoms with Crippen molar-refractivity contribution in [1.29, 1.82) is 0 Å². The molecule has 7 nitrogen and oxygen atoms in total. The number of nitrogens with one attached hydrogen (secondary N) is 1. The molecule has 0 spiro atoms. The fourth-order valence-electron chi connectivity index (χ4n) is 4.21. The Hall–Kier alpha value is -4.67. The first-order chi connectivity index (χ1) is 18.1. The van der Waals surface area contributed by atoms with Gasteiger partial charge >= 0.3 is 6.18 Å². The van der Waals surface area contributed by atoms with Crippen LogP contribution in [0.2, 0.25) is 0 Å². The van der Waals surface area contributed by atoms with Gasteiger partial charge in [0.15, 0.2) is 5.78 Å². The monoisotopic (exact) mass is 522 g/mol. The fraction of sp³-hybridized carbons (Fsp3) is 0.148. The third-order valence-corrected chi connectivity index (χ3v) is 6.05. The molecule has 3 aromatic rings. The van der Waals surface area contributed by atoms with Gasteiger partial charge in [-0.1, -0.05) is 24.3 Å². The van der Waals surface area contributed by atoms with Crippen LogP contribution in [0.1, 0.15) is 37.4 Å². The summed E-state index contributed by atoms with van der Waals surface area (Å²) in [6, 6.07) is 14.7. The van der Waals surface area contributed by atoms with E-state index in [0.29, 0.717) is 0 Å². The van der Waals surface area contributed by atoms with Gasteiger partial charge in [0.05, 0.1) is 47.7 Å². The number of benzene rings is 3. The molecule has 0 saturated heterocycles. The fourth-order valence-corrected chi connectivity index (χ4v) is 4.21. The zero-order valence-corrected chi connectivity index (χ0v) is 19.6. The number of fused-ring (bicyclic) bond motifs is 2. The topological polar surface area (TPSA) is 91.2 Å². The Morgan fingerprint density at radius 1 is 0.895 bits per heavy atom. The summed E-state index contributed by atoms with van der Waals surface area (Å²) in [7, 11) is 0. The molecule has 2 aliphatic rings. The molecule has 38 heavy (non-hydrogen) atoms. The summed E-state index contributed by atoms with van der Waals surface area (Å²) in [4.78, 5) is 47.1. The van der Waals surface area contributed by atoms with Crippen LogP contribution in [0.4, 0.5) is 23.2 Å². The van der Waals surface area contributed by atoms with Crippen LogP contribution >= 0.6 is 0 Å². The number of carbonyl (C=O) groups excluding carboxylic acids is 3. The van der Waals surface area contributed by atoms with Crippen LogP contribution in [0.5, 0.6) is 0 Å².